The van der Waals surface area contributed by atoms with E-state index in [1.807, 2.05) is 6.07 Å². The van der Waals surface area contributed by atoms with Gasteiger partial charge in [0.05, 0.1) is 0 Å². The normalized spacial score (nSPS) is 24.1. The van der Waals surface area contributed by atoms with E-state index in [0.717, 1.165) is 49.7 Å². The second kappa shape index (κ2) is 8.73. The summed E-state index contributed by atoms with van der Waals surface area (Å²) in [5.41, 5.74) is 10.6. The van der Waals surface area contributed by atoms with Crippen LogP contribution >= 0.6 is 0 Å². The van der Waals surface area contributed by atoms with Gasteiger partial charge in [0.2, 0.25) is 5.65 Å². The Kier molecular flexibility index (Phi) is 5.51. The zero-order valence-corrected chi connectivity index (χ0v) is 20.3. The first kappa shape index (κ1) is 22.7. The lowest BCUT2D eigenvalue weighted by Crippen LogP contribution is -2.45. The van der Waals surface area contributed by atoms with Gasteiger partial charge in [0.15, 0.2) is 0 Å². The molecule has 0 amide bonds. The number of carbonyl (C=O) groups excluding carboxylic acids is 1. The molecule has 0 aliphatic heterocycles. The highest BCUT2D eigenvalue weighted by Crippen LogP contribution is 2.59. The first-order chi connectivity index (χ1) is 17.5. The standard InChI is InChI=1S/C29H31N5O2/c30-25-17-24(26-27(31-25)33-34-32-26)23(19-5-4-8-21(35)15-19)16-22(36)18-28-9-12-29(13-10-28,14-11-28)20-6-2-1-3-7-20/h1-8,15,17,23,35H,9-14,16,18H2,(H3,30,31,32,33,34)/t23-,28?,29?/m1/s1. The number of nitrogens with two attached hydrogens (primary N) is 1. The van der Waals surface area contributed by atoms with Crippen LogP contribution in [-0.4, -0.2) is 31.3 Å². The average Bonchev–Trinajstić information content (AvgIpc) is 3.37. The summed E-state index contributed by atoms with van der Waals surface area (Å²) in [6.45, 7) is 0. The van der Waals surface area contributed by atoms with Crippen molar-refractivity contribution < 1.29 is 9.90 Å². The number of aromatic hydroxyl groups is 1. The molecule has 3 aliphatic rings. The molecule has 0 spiro atoms. The Balaban J connectivity index is 1.25. The predicted octanol–water partition coefficient (Wildman–Crippen LogP) is 5.41. The molecule has 2 heterocycles. The summed E-state index contributed by atoms with van der Waals surface area (Å²) in [5, 5.41) is 21.2. The number of ketones is 1. The monoisotopic (exact) mass is 481 g/mol. The topological polar surface area (TPSA) is 118 Å². The van der Waals surface area contributed by atoms with Crippen molar-refractivity contribution in [1.29, 1.82) is 0 Å². The van der Waals surface area contributed by atoms with E-state index < -0.39 is 0 Å². The molecule has 2 aromatic carbocycles. The molecule has 3 aliphatic carbocycles. The SMILES string of the molecule is Nc1cc([C@H](CC(=O)CC23CCC(c4ccccc4)(CC2)CC3)c2cccc(O)c2)c2n[nH]nc2n1. The van der Waals surface area contributed by atoms with Crippen molar-refractivity contribution in [2.24, 2.45) is 5.41 Å². The third-order valence-corrected chi connectivity index (χ3v) is 8.78. The molecule has 3 saturated carbocycles. The van der Waals surface area contributed by atoms with Crippen molar-refractivity contribution in [3.8, 4) is 5.75 Å². The number of carbonyl (C=O) groups is 1. The number of benzene rings is 2. The van der Waals surface area contributed by atoms with E-state index in [-0.39, 0.29) is 28.3 Å². The number of aromatic amines is 1. The van der Waals surface area contributed by atoms with Crippen LogP contribution in [0.3, 0.4) is 0 Å². The Morgan fingerprint density at radius 1 is 0.972 bits per heavy atom. The van der Waals surface area contributed by atoms with Crippen LogP contribution in [0.15, 0.2) is 60.7 Å². The minimum atomic E-state index is -0.297. The Morgan fingerprint density at radius 2 is 1.72 bits per heavy atom. The summed E-state index contributed by atoms with van der Waals surface area (Å²) in [7, 11) is 0. The minimum absolute atomic E-state index is 0.0947. The van der Waals surface area contributed by atoms with Crippen molar-refractivity contribution >= 4 is 22.8 Å². The fraction of sp³-hybridized carbons (Fsp3) is 0.379. The highest BCUT2D eigenvalue weighted by Gasteiger charge is 2.49. The molecule has 3 fully saturated rings. The van der Waals surface area contributed by atoms with Gasteiger partial charge in [-0.15, -0.1) is 5.10 Å². The summed E-state index contributed by atoms with van der Waals surface area (Å²) in [6.07, 6.45) is 7.67. The zero-order valence-electron chi connectivity index (χ0n) is 20.3. The summed E-state index contributed by atoms with van der Waals surface area (Å²) >= 11 is 0. The molecule has 0 saturated heterocycles. The van der Waals surface area contributed by atoms with Crippen LogP contribution < -0.4 is 5.73 Å². The van der Waals surface area contributed by atoms with Crippen molar-refractivity contribution in [1.82, 2.24) is 20.4 Å². The molecular weight excluding hydrogens is 450 g/mol. The lowest BCUT2D eigenvalue weighted by molar-refractivity contribution is -0.123. The molecule has 184 valence electrons. The average molecular weight is 482 g/mol. The number of nitrogen functional groups attached to an aromatic ring is 1. The largest absolute Gasteiger partial charge is 0.508 e. The van der Waals surface area contributed by atoms with E-state index in [1.54, 1.807) is 24.3 Å². The van der Waals surface area contributed by atoms with Crippen LogP contribution in [0.2, 0.25) is 0 Å². The number of nitrogens with zero attached hydrogens (tertiary/aromatic N) is 3. The smallest absolute Gasteiger partial charge is 0.203 e. The van der Waals surface area contributed by atoms with E-state index >= 15 is 0 Å². The number of hydrogen-bond acceptors (Lipinski definition) is 6. The van der Waals surface area contributed by atoms with Crippen LogP contribution in [0.1, 0.15) is 74.0 Å². The van der Waals surface area contributed by atoms with Crippen molar-refractivity contribution in [3.63, 3.8) is 0 Å². The summed E-state index contributed by atoms with van der Waals surface area (Å²) in [5.74, 6) is 0.442. The lowest BCUT2D eigenvalue weighted by Gasteiger charge is -2.54. The lowest BCUT2D eigenvalue weighted by atomic mass is 9.51. The van der Waals surface area contributed by atoms with Crippen molar-refractivity contribution in [2.45, 2.75) is 62.7 Å². The predicted molar refractivity (Wildman–Crippen MR) is 139 cm³/mol. The number of nitrogens with one attached hydrogen (secondary N) is 1. The van der Waals surface area contributed by atoms with E-state index in [9.17, 15) is 9.90 Å². The quantitative estimate of drug-likeness (QED) is 0.325. The number of aromatic nitrogens is 4. The molecule has 0 unspecified atom stereocenters. The maximum Gasteiger partial charge on any atom is 0.203 e. The van der Waals surface area contributed by atoms with Gasteiger partial charge in [-0.1, -0.05) is 42.5 Å². The van der Waals surface area contributed by atoms with Crippen LogP contribution in [0.4, 0.5) is 5.82 Å². The Labute approximate surface area is 210 Å². The molecule has 7 rings (SSSR count). The third-order valence-electron chi connectivity index (χ3n) is 8.78. The molecule has 7 nitrogen and oxygen atoms in total. The van der Waals surface area contributed by atoms with Gasteiger partial charge < -0.3 is 10.8 Å². The van der Waals surface area contributed by atoms with E-state index in [2.05, 4.69) is 50.7 Å². The molecule has 7 heteroatoms. The number of hydrogen-bond donors (Lipinski definition) is 3. The molecule has 0 radical (unpaired) electrons. The zero-order chi connectivity index (χ0) is 24.8. The maximum absolute atomic E-state index is 13.7. The highest BCUT2D eigenvalue weighted by molar-refractivity contribution is 5.83. The number of rotatable bonds is 7. The maximum atomic E-state index is 13.7. The number of fused-ring (bicyclic) bond motifs is 4. The summed E-state index contributed by atoms with van der Waals surface area (Å²) < 4.78 is 0. The van der Waals surface area contributed by atoms with Gasteiger partial charge in [0, 0.05) is 18.8 Å². The van der Waals surface area contributed by atoms with Gasteiger partial charge >= 0.3 is 0 Å². The molecule has 1 atom stereocenters. The number of Topliss-reactive ketones (excluding diaryl/α,β-unsaturated/α-hetero) is 1. The first-order valence-electron chi connectivity index (χ1n) is 12.8. The van der Waals surface area contributed by atoms with Crippen LogP contribution in [0.5, 0.6) is 5.75 Å². The fourth-order valence-corrected chi connectivity index (χ4v) is 6.76. The summed E-state index contributed by atoms with van der Waals surface area (Å²) in [6, 6.07) is 19.8. The molecule has 2 aromatic heterocycles. The molecule has 2 bridgehead atoms. The number of pyridine rings is 1. The Morgan fingerprint density at radius 3 is 2.44 bits per heavy atom. The Bertz CT molecular complexity index is 1390. The van der Waals surface area contributed by atoms with E-state index in [4.69, 9.17) is 5.73 Å². The van der Waals surface area contributed by atoms with Gasteiger partial charge in [0.25, 0.3) is 0 Å². The fourth-order valence-electron chi connectivity index (χ4n) is 6.76. The van der Waals surface area contributed by atoms with Crippen molar-refractivity contribution in [2.75, 3.05) is 5.73 Å². The Hall–Kier alpha value is -3.74. The van der Waals surface area contributed by atoms with E-state index in [0.29, 0.717) is 29.8 Å². The first-order valence-corrected chi connectivity index (χ1v) is 12.8. The number of phenolic OH excluding ortho intramolecular Hbond substituents is 1. The van der Waals surface area contributed by atoms with Crippen LogP contribution in [0, 0.1) is 5.41 Å². The molecule has 4 N–H and O–H groups in total. The number of phenols is 1. The molecule has 36 heavy (non-hydrogen) atoms. The molecule has 4 aromatic rings. The van der Waals surface area contributed by atoms with Gasteiger partial charge in [-0.25, -0.2) is 4.98 Å². The molecular formula is C29H31N5O2. The van der Waals surface area contributed by atoms with Gasteiger partial charge in [-0.3, -0.25) is 4.79 Å². The van der Waals surface area contributed by atoms with E-state index in [1.165, 1.54) is 5.56 Å². The number of anilines is 1. The van der Waals surface area contributed by atoms with Crippen molar-refractivity contribution in [3.05, 3.63) is 77.4 Å². The van der Waals surface area contributed by atoms with Gasteiger partial charge in [-0.2, -0.15) is 10.3 Å². The second-order valence-electron chi connectivity index (χ2n) is 10.8. The highest BCUT2D eigenvalue weighted by atomic mass is 16.3. The second-order valence-corrected chi connectivity index (χ2v) is 10.8. The van der Waals surface area contributed by atoms with Crippen LogP contribution in [0.25, 0.3) is 11.2 Å². The summed E-state index contributed by atoms with van der Waals surface area (Å²) in [4.78, 5) is 18.0. The van der Waals surface area contributed by atoms with Gasteiger partial charge in [-0.05, 0) is 84.2 Å². The third kappa shape index (κ3) is 4.02. The minimum Gasteiger partial charge on any atom is -0.508 e. The van der Waals surface area contributed by atoms with Crippen LogP contribution in [-0.2, 0) is 10.2 Å². The number of H-pyrrole nitrogens is 1. The van der Waals surface area contributed by atoms with Gasteiger partial charge in [0.1, 0.15) is 22.9 Å².